The lowest BCUT2D eigenvalue weighted by Gasteiger charge is -2.21. The van der Waals surface area contributed by atoms with Crippen molar-refractivity contribution in [3.8, 4) is 11.5 Å². The van der Waals surface area contributed by atoms with Crippen LogP contribution in [0, 0.1) is 19.8 Å². The average molecular weight is 390 g/mol. The fourth-order valence-corrected chi connectivity index (χ4v) is 2.77. The number of aryl methyl sites for hydroxylation is 2. The maximum atomic E-state index is 12.7. The summed E-state index contributed by atoms with van der Waals surface area (Å²) in [5.74, 6) is 0.631. The largest absolute Gasteiger partial charge is 0.493 e. The molecule has 1 aromatic carbocycles. The molecule has 1 heterocycles. The van der Waals surface area contributed by atoms with Gasteiger partial charge in [-0.2, -0.15) is 0 Å². The minimum atomic E-state index is -0.418. The number of amides is 1. The van der Waals surface area contributed by atoms with E-state index in [9.17, 15) is 9.59 Å². The lowest BCUT2D eigenvalue weighted by Crippen LogP contribution is -2.34. The van der Waals surface area contributed by atoms with Gasteiger partial charge in [-0.3, -0.25) is 9.59 Å². The first-order valence-electron chi connectivity index (χ1n) is 8.84. The number of carbonyl (C=O) groups excluding carboxylic acids is 2. The van der Waals surface area contributed by atoms with Gasteiger partial charge in [-0.25, -0.2) is 0 Å². The normalized spacial score (nSPS) is 11.6. The molecule has 28 heavy (non-hydrogen) atoms. The minimum absolute atomic E-state index is 0.230. The van der Waals surface area contributed by atoms with E-state index in [0.29, 0.717) is 22.8 Å². The van der Waals surface area contributed by atoms with Crippen molar-refractivity contribution in [2.45, 2.75) is 27.4 Å². The molecule has 0 aliphatic heterocycles. The summed E-state index contributed by atoms with van der Waals surface area (Å²) in [6, 6.07) is 4.96. The van der Waals surface area contributed by atoms with Crippen molar-refractivity contribution in [3.63, 3.8) is 0 Å². The third-order valence-electron chi connectivity index (χ3n) is 4.46. The van der Waals surface area contributed by atoms with Crippen molar-refractivity contribution in [2.75, 3.05) is 27.8 Å². The standard InChI is InChI=1S/C20H26N2O6/c1-12(20(24)26-6)10-22(4)19(23)15-7-8-17(18(9-15)25-5)27-11-16-13(2)21-28-14(16)3/h7-9,12H,10-11H2,1-6H3/t12-/m1/s1. The lowest BCUT2D eigenvalue weighted by atomic mass is 10.1. The van der Waals surface area contributed by atoms with Gasteiger partial charge in [0, 0.05) is 19.2 Å². The van der Waals surface area contributed by atoms with Gasteiger partial charge in [-0.05, 0) is 32.0 Å². The van der Waals surface area contributed by atoms with E-state index in [1.165, 1.54) is 19.1 Å². The Labute approximate surface area is 164 Å². The molecule has 0 radical (unpaired) electrons. The molecule has 0 aliphatic rings. The van der Waals surface area contributed by atoms with Gasteiger partial charge in [0.25, 0.3) is 5.91 Å². The molecule has 0 bridgehead atoms. The summed E-state index contributed by atoms with van der Waals surface area (Å²) in [6.45, 7) is 5.91. The summed E-state index contributed by atoms with van der Waals surface area (Å²) in [5, 5.41) is 3.90. The maximum absolute atomic E-state index is 12.7. The van der Waals surface area contributed by atoms with E-state index in [2.05, 4.69) is 5.16 Å². The molecule has 152 valence electrons. The van der Waals surface area contributed by atoms with Gasteiger partial charge in [0.05, 0.1) is 31.4 Å². The Hall–Kier alpha value is -3.03. The minimum Gasteiger partial charge on any atom is -0.493 e. The highest BCUT2D eigenvalue weighted by molar-refractivity contribution is 5.95. The number of rotatable bonds is 8. The second-order valence-corrected chi connectivity index (χ2v) is 6.57. The van der Waals surface area contributed by atoms with Crippen LogP contribution in [0.4, 0.5) is 0 Å². The molecule has 1 amide bonds. The van der Waals surface area contributed by atoms with Crippen molar-refractivity contribution in [1.82, 2.24) is 10.1 Å². The third-order valence-corrected chi connectivity index (χ3v) is 4.46. The first kappa shape index (κ1) is 21.3. The molecule has 0 aliphatic carbocycles. The van der Waals surface area contributed by atoms with Gasteiger partial charge in [0.2, 0.25) is 0 Å². The molecule has 0 saturated carbocycles. The van der Waals surface area contributed by atoms with Gasteiger partial charge in [-0.15, -0.1) is 0 Å². The highest BCUT2D eigenvalue weighted by Crippen LogP contribution is 2.30. The van der Waals surface area contributed by atoms with E-state index in [0.717, 1.165) is 11.3 Å². The molecule has 2 aromatic rings. The van der Waals surface area contributed by atoms with Crippen molar-refractivity contribution >= 4 is 11.9 Å². The summed E-state index contributed by atoms with van der Waals surface area (Å²) < 4.78 is 21.0. The van der Waals surface area contributed by atoms with Crippen LogP contribution in [-0.2, 0) is 16.1 Å². The van der Waals surface area contributed by atoms with Crippen LogP contribution in [-0.4, -0.2) is 49.7 Å². The number of esters is 1. The Balaban J connectivity index is 2.11. The molecule has 0 unspecified atom stereocenters. The molecule has 8 heteroatoms. The highest BCUT2D eigenvalue weighted by Gasteiger charge is 2.21. The van der Waals surface area contributed by atoms with Crippen LogP contribution < -0.4 is 9.47 Å². The molecule has 0 saturated heterocycles. The predicted octanol–water partition coefficient (Wildman–Crippen LogP) is 2.76. The molecule has 1 atom stereocenters. The molecule has 0 N–H and O–H groups in total. The molecule has 1 aromatic heterocycles. The summed E-state index contributed by atoms with van der Waals surface area (Å²) >= 11 is 0. The van der Waals surface area contributed by atoms with Crippen LogP contribution in [0.25, 0.3) is 0 Å². The van der Waals surface area contributed by atoms with Crippen LogP contribution in [0.3, 0.4) is 0 Å². The van der Waals surface area contributed by atoms with Gasteiger partial charge >= 0.3 is 5.97 Å². The highest BCUT2D eigenvalue weighted by atomic mass is 16.5. The quantitative estimate of drug-likeness (QED) is 0.640. The van der Waals surface area contributed by atoms with Crippen molar-refractivity contribution < 1.29 is 28.3 Å². The van der Waals surface area contributed by atoms with E-state index in [-0.39, 0.29) is 25.0 Å². The number of hydrogen-bond donors (Lipinski definition) is 0. The van der Waals surface area contributed by atoms with Crippen LogP contribution in [0.2, 0.25) is 0 Å². The van der Waals surface area contributed by atoms with Gasteiger partial charge in [-0.1, -0.05) is 12.1 Å². The monoisotopic (exact) mass is 390 g/mol. The van der Waals surface area contributed by atoms with Crippen molar-refractivity contribution in [2.24, 2.45) is 5.92 Å². The Kier molecular flexibility index (Phi) is 7.03. The van der Waals surface area contributed by atoms with Crippen LogP contribution in [0.5, 0.6) is 11.5 Å². The SMILES string of the molecule is COC(=O)[C@H](C)CN(C)C(=O)c1ccc(OCc2c(C)noc2C)c(OC)c1. The fraction of sp³-hybridized carbons (Fsp3) is 0.450. The summed E-state index contributed by atoms with van der Waals surface area (Å²) in [6.07, 6.45) is 0. The Morgan fingerprint density at radius 2 is 1.93 bits per heavy atom. The van der Waals surface area contributed by atoms with Crippen LogP contribution >= 0.6 is 0 Å². The molecular formula is C20H26N2O6. The van der Waals surface area contributed by atoms with Gasteiger partial charge in [0.1, 0.15) is 12.4 Å². The predicted molar refractivity (Wildman–Crippen MR) is 101 cm³/mol. The van der Waals surface area contributed by atoms with E-state index >= 15 is 0 Å². The first-order valence-corrected chi connectivity index (χ1v) is 8.84. The zero-order chi connectivity index (χ0) is 20.8. The number of hydrogen-bond acceptors (Lipinski definition) is 7. The second kappa shape index (κ2) is 9.25. The van der Waals surface area contributed by atoms with Gasteiger partial charge in [0.15, 0.2) is 11.5 Å². The number of carbonyl (C=O) groups is 2. The maximum Gasteiger partial charge on any atom is 0.310 e. The molecule has 0 spiro atoms. The third kappa shape index (κ3) is 4.82. The number of ether oxygens (including phenoxy) is 3. The van der Waals surface area contributed by atoms with Crippen LogP contribution in [0.1, 0.15) is 34.3 Å². The lowest BCUT2D eigenvalue weighted by molar-refractivity contribution is -0.145. The van der Waals surface area contributed by atoms with Crippen LogP contribution in [0.15, 0.2) is 22.7 Å². The molecule has 2 rings (SSSR count). The van der Waals surface area contributed by atoms with Crippen molar-refractivity contribution in [1.29, 1.82) is 0 Å². The zero-order valence-electron chi connectivity index (χ0n) is 17.1. The zero-order valence-corrected chi connectivity index (χ0v) is 17.1. The summed E-state index contributed by atoms with van der Waals surface area (Å²) in [7, 11) is 4.47. The van der Waals surface area contributed by atoms with Gasteiger partial charge < -0.3 is 23.6 Å². The Morgan fingerprint density at radius 1 is 1.21 bits per heavy atom. The second-order valence-electron chi connectivity index (χ2n) is 6.57. The number of methoxy groups -OCH3 is 2. The number of nitrogens with zero attached hydrogens (tertiary/aromatic N) is 2. The van der Waals surface area contributed by atoms with E-state index < -0.39 is 5.92 Å². The molecular weight excluding hydrogens is 364 g/mol. The average Bonchev–Trinajstić information content (AvgIpc) is 3.02. The number of aromatic nitrogens is 1. The summed E-state index contributed by atoms with van der Waals surface area (Å²) in [4.78, 5) is 25.7. The number of benzene rings is 1. The van der Waals surface area contributed by atoms with E-state index in [1.807, 2.05) is 13.8 Å². The summed E-state index contributed by atoms with van der Waals surface area (Å²) in [5.41, 5.74) is 2.07. The van der Waals surface area contributed by atoms with E-state index in [4.69, 9.17) is 18.7 Å². The first-order chi connectivity index (χ1) is 13.3. The topological polar surface area (TPSA) is 91.1 Å². The van der Waals surface area contributed by atoms with Crippen molar-refractivity contribution in [3.05, 3.63) is 40.8 Å². The molecule has 8 nitrogen and oxygen atoms in total. The Morgan fingerprint density at radius 3 is 2.50 bits per heavy atom. The fourth-order valence-electron chi connectivity index (χ4n) is 2.77. The smallest absolute Gasteiger partial charge is 0.310 e. The Bertz CT molecular complexity index is 826. The molecule has 0 fully saturated rings. The van der Waals surface area contributed by atoms with E-state index in [1.54, 1.807) is 32.2 Å².